The van der Waals surface area contributed by atoms with Gasteiger partial charge in [-0.05, 0) is 19.1 Å². The average molecular weight is 481 g/mol. The number of carboxylic acid groups (broad SMARTS) is 1. The molecule has 2 aliphatic heterocycles. The van der Waals surface area contributed by atoms with E-state index in [1.807, 2.05) is 6.92 Å². The molecule has 11 heteroatoms. The first-order chi connectivity index (χ1) is 16.1. The first-order valence-electron chi connectivity index (χ1n) is 10.6. The summed E-state index contributed by atoms with van der Waals surface area (Å²) in [5.41, 5.74) is 0.666. The van der Waals surface area contributed by atoms with E-state index in [2.05, 4.69) is 9.97 Å². The molecule has 0 aromatic carbocycles. The lowest BCUT2D eigenvalue weighted by Crippen LogP contribution is -2.63. The number of β-lactam (4-membered cyclic amide) rings is 1. The van der Waals surface area contributed by atoms with Crippen molar-refractivity contribution in [3.8, 4) is 0 Å². The van der Waals surface area contributed by atoms with Crippen LogP contribution in [0.3, 0.4) is 0 Å². The SMILES string of the molecule is CC(=O)c1nc(C(=O)c2cccnc2)c2sc(C3=C(C(=O)O)N4C(=O)[C@H]([C@@H](C)O)[C@H]4[C@H]3C)cn12. The number of aliphatic carboxylic acids is 1. The molecule has 2 N–H and O–H groups in total. The predicted octanol–water partition coefficient (Wildman–Crippen LogP) is 1.88. The van der Waals surface area contributed by atoms with Crippen molar-refractivity contribution in [1.29, 1.82) is 0 Å². The number of nitrogens with zero attached hydrogens (tertiary/aromatic N) is 4. The van der Waals surface area contributed by atoms with Crippen LogP contribution in [0.15, 0.2) is 36.4 Å². The zero-order chi connectivity index (χ0) is 24.5. The third-order valence-electron chi connectivity index (χ3n) is 6.41. The van der Waals surface area contributed by atoms with Gasteiger partial charge in [0.25, 0.3) is 0 Å². The van der Waals surface area contributed by atoms with Gasteiger partial charge in [-0.15, -0.1) is 11.3 Å². The van der Waals surface area contributed by atoms with Crippen molar-refractivity contribution in [3.63, 3.8) is 0 Å². The van der Waals surface area contributed by atoms with Gasteiger partial charge in [-0.3, -0.25) is 23.8 Å². The number of aliphatic hydroxyl groups excluding tert-OH is 1. The van der Waals surface area contributed by atoms with Crippen LogP contribution in [0.4, 0.5) is 0 Å². The number of pyridine rings is 1. The number of fused-ring (bicyclic) bond motifs is 2. The summed E-state index contributed by atoms with van der Waals surface area (Å²) in [4.78, 5) is 60.6. The Bertz CT molecular complexity index is 1420. The number of aromatic nitrogens is 3. The second-order valence-corrected chi connectivity index (χ2v) is 9.53. The standard InChI is InChI=1S/C23H20N4O6S/c1-9-14(18(23(32)33)27-17(9)15(10(2)28)21(27)31)13-8-26-20(11(3)29)25-16(22(26)34-13)19(30)12-5-4-6-24-7-12/h4-10,15,17,28H,1-3H3,(H,32,33)/t9-,10+,15+,17+/m0/s1. The molecule has 4 atom stereocenters. The third kappa shape index (κ3) is 2.97. The molecular formula is C23H20N4O6S. The van der Waals surface area contributed by atoms with Crippen LogP contribution in [0.25, 0.3) is 10.4 Å². The zero-order valence-corrected chi connectivity index (χ0v) is 19.2. The lowest BCUT2D eigenvalue weighted by atomic mass is 9.77. The number of hydrogen-bond donors (Lipinski definition) is 2. The van der Waals surface area contributed by atoms with Crippen LogP contribution in [0.5, 0.6) is 0 Å². The molecule has 0 bridgehead atoms. The Hall–Kier alpha value is -3.70. The summed E-state index contributed by atoms with van der Waals surface area (Å²) in [6, 6.07) is 2.74. The van der Waals surface area contributed by atoms with Crippen LogP contribution in [-0.4, -0.2) is 65.1 Å². The van der Waals surface area contributed by atoms with E-state index in [0.717, 1.165) is 11.3 Å². The van der Waals surface area contributed by atoms with Gasteiger partial charge in [0.2, 0.25) is 11.7 Å². The Morgan fingerprint density at radius 3 is 2.59 bits per heavy atom. The maximum absolute atomic E-state index is 13.1. The Morgan fingerprint density at radius 2 is 2.00 bits per heavy atom. The van der Waals surface area contributed by atoms with Gasteiger partial charge in [0.15, 0.2) is 11.6 Å². The van der Waals surface area contributed by atoms with E-state index in [-0.39, 0.29) is 28.9 Å². The minimum absolute atomic E-state index is 0.0501. The van der Waals surface area contributed by atoms with E-state index in [1.165, 1.54) is 35.5 Å². The molecule has 3 aromatic heterocycles. The molecule has 1 fully saturated rings. The Kier molecular flexibility index (Phi) is 4.99. The molecule has 0 aliphatic carbocycles. The largest absolute Gasteiger partial charge is 0.477 e. The van der Waals surface area contributed by atoms with Crippen molar-refractivity contribution < 1.29 is 29.4 Å². The second kappa shape index (κ2) is 7.67. The molecule has 1 amide bonds. The number of carboxylic acids is 1. The van der Waals surface area contributed by atoms with Crippen LogP contribution in [0, 0.1) is 11.8 Å². The summed E-state index contributed by atoms with van der Waals surface area (Å²) in [5.74, 6) is -3.47. The zero-order valence-electron chi connectivity index (χ0n) is 18.4. The molecule has 3 aromatic rings. The average Bonchev–Trinajstić information content (AvgIpc) is 3.42. The van der Waals surface area contributed by atoms with Gasteiger partial charge in [-0.2, -0.15) is 0 Å². The minimum Gasteiger partial charge on any atom is -0.477 e. The smallest absolute Gasteiger partial charge is 0.352 e. The highest BCUT2D eigenvalue weighted by Gasteiger charge is 2.60. The quantitative estimate of drug-likeness (QED) is 0.402. The van der Waals surface area contributed by atoms with Crippen molar-refractivity contribution in [2.75, 3.05) is 0 Å². The molecule has 0 saturated carbocycles. The van der Waals surface area contributed by atoms with Gasteiger partial charge >= 0.3 is 5.97 Å². The van der Waals surface area contributed by atoms with Crippen molar-refractivity contribution in [2.45, 2.75) is 32.9 Å². The summed E-state index contributed by atoms with van der Waals surface area (Å²) in [5, 5.41) is 20.0. The highest BCUT2D eigenvalue weighted by molar-refractivity contribution is 7.18. The van der Waals surface area contributed by atoms with Gasteiger partial charge in [-0.1, -0.05) is 6.92 Å². The molecule has 10 nitrogen and oxygen atoms in total. The number of ketones is 2. The Morgan fingerprint density at radius 1 is 1.26 bits per heavy atom. The second-order valence-electron chi connectivity index (χ2n) is 8.50. The van der Waals surface area contributed by atoms with E-state index in [1.54, 1.807) is 18.3 Å². The molecule has 174 valence electrons. The Labute approximate surface area is 197 Å². The number of Topliss-reactive ketones (excluding diaryl/α,β-unsaturated/α-hetero) is 1. The maximum Gasteiger partial charge on any atom is 0.352 e. The highest BCUT2D eigenvalue weighted by atomic mass is 32.1. The summed E-state index contributed by atoms with van der Waals surface area (Å²) >= 11 is 1.14. The summed E-state index contributed by atoms with van der Waals surface area (Å²) in [6.45, 7) is 4.66. The third-order valence-corrected chi connectivity index (χ3v) is 7.54. The van der Waals surface area contributed by atoms with Crippen LogP contribution >= 0.6 is 11.3 Å². The molecule has 5 rings (SSSR count). The molecule has 0 radical (unpaired) electrons. The number of imidazole rings is 1. The van der Waals surface area contributed by atoms with E-state index in [0.29, 0.717) is 20.8 Å². The number of aliphatic hydroxyl groups is 1. The molecule has 34 heavy (non-hydrogen) atoms. The fraction of sp³-hybridized carbons (Fsp3) is 0.304. The molecule has 5 heterocycles. The van der Waals surface area contributed by atoms with E-state index in [4.69, 9.17) is 0 Å². The van der Waals surface area contributed by atoms with E-state index < -0.39 is 35.7 Å². The number of carbonyl (C=O) groups is 4. The number of hydrogen-bond acceptors (Lipinski definition) is 8. The van der Waals surface area contributed by atoms with Gasteiger partial charge in [0.1, 0.15) is 16.2 Å². The lowest BCUT2D eigenvalue weighted by Gasteiger charge is -2.46. The molecule has 0 spiro atoms. The monoisotopic (exact) mass is 480 g/mol. The first-order valence-corrected chi connectivity index (χ1v) is 11.4. The van der Waals surface area contributed by atoms with Crippen molar-refractivity contribution >= 4 is 45.2 Å². The normalized spacial score (nSPS) is 22.6. The summed E-state index contributed by atoms with van der Waals surface area (Å²) in [7, 11) is 0. The predicted molar refractivity (Wildman–Crippen MR) is 120 cm³/mol. The van der Waals surface area contributed by atoms with Crippen molar-refractivity contribution in [1.82, 2.24) is 19.3 Å². The topological polar surface area (TPSA) is 142 Å². The number of thiazole rings is 1. The maximum atomic E-state index is 13.1. The molecule has 1 saturated heterocycles. The van der Waals surface area contributed by atoms with Gasteiger partial charge in [-0.25, -0.2) is 9.78 Å². The van der Waals surface area contributed by atoms with Gasteiger partial charge < -0.3 is 15.1 Å². The van der Waals surface area contributed by atoms with Crippen LogP contribution in [0.2, 0.25) is 0 Å². The highest BCUT2D eigenvalue weighted by Crippen LogP contribution is 2.51. The Balaban J connectivity index is 1.68. The van der Waals surface area contributed by atoms with Crippen molar-refractivity contribution in [3.05, 3.63) is 58.4 Å². The van der Waals surface area contributed by atoms with Crippen LogP contribution < -0.4 is 0 Å². The van der Waals surface area contributed by atoms with Crippen LogP contribution in [-0.2, 0) is 9.59 Å². The molecule has 2 aliphatic rings. The molecular weight excluding hydrogens is 460 g/mol. The molecule has 0 unspecified atom stereocenters. The number of rotatable bonds is 6. The number of amides is 1. The minimum atomic E-state index is -1.25. The van der Waals surface area contributed by atoms with Gasteiger partial charge in [0.05, 0.1) is 22.9 Å². The van der Waals surface area contributed by atoms with E-state index in [9.17, 15) is 29.4 Å². The van der Waals surface area contributed by atoms with E-state index >= 15 is 0 Å². The summed E-state index contributed by atoms with van der Waals surface area (Å²) < 4.78 is 1.49. The fourth-order valence-corrected chi connectivity index (χ4v) is 6.16. The first kappa shape index (κ1) is 22.1. The fourth-order valence-electron chi connectivity index (χ4n) is 4.93. The van der Waals surface area contributed by atoms with Gasteiger partial charge in [0, 0.05) is 42.6 Å². The van der Waals surface area contributed by atoms with Crippen molar-refractivity contribution in [2.24, 2.45) is 11.8 Å². The van der Waals surface area contributed by atoms with Crippen LogP contribution in [0.1, 0.15) is 52.3 Å². The number of carbonyl (C=O) groups excluding carboxylic acids is 3. The summed E-state index contributed by atoms with van der Waals surface area (Å²) in [6.07, 6.45) is 3.62. The lowest BCUT2D eigenvalue weighted by molar-refractivity contribution is -0.163.